The summed E-state index contributed by atoms with van der Waals surface area (Å²) in [6.45, 7) is 6.75. The molecule has 0 saturated carbocycles. The van der Waals surface area contributed by atoms with E-state index in [2.05, 4.69) is 13.8 Å². The van der Waals surface area contributed by atoms with Gasteiger partial charge in [-0.1, -0.05) is 206 Å². The van der Waals surface area contributed by atoms with Crippen LogP contribution in [-0.4, -0.2) is 67.2 Å². The Hall–Kier alpha value is 0.880. The van der Waals surface area contributed by atoms with Crippen molar-refractivity contribution in [2.45, 2.75) is 225 Å². The van der Waals surface area contributed by atoms with Gasteiger partial charge in [0.25, 0.3) is 0 Å². The van der Waals surface area contributed by atoms with Gasteiger partial charge in [-0.15, -0.1) is 0 Å². The summed E-state index contributed by atoms with van der Waals surface area (Å²) in [6, 6.07) is 0. The molecule has 0 aliphatic heterocycles. The monoisotopic (exact) mass is 621 g/mol. The average molecular weight is 621 g/mol. The fourth-order valence-electron chi connectivity index (χ4n) is 6.02. The third-order valence-corrected chi connectivity index (χ3v) is 9.00. The van der Waals surface area contributed by atoms with Crippen LogP contribution in [0.1, 0.15) is 219 Å². The van der Waals surface area contributed by atoms with Crippen LogP contribution in [0.3, 0.4) is 0 Å². The SMILES string of the molecule is CCCCCCCCCCCCCCCCCCOC[C@H](CO)OCCCCCCCCCCCCCCCCCC.[NaH]. The quantitative estimate of drug-likeness (QED) is 0.0551. The van der Waals surface area contributed by atoms with E-state index in [0.717, 1.165) is 26.1 Å². The normalized spacial score (nSPS) is 12.1. The minimum absolute atomic E-state index is 0. The van der Waals surface area contributed by atoms with Crippen molar-refractivity contribution in [1.29, 1.82) is 0 Å². The fraction of sp³-hybridized carbons (Fsp3) is 1.00. The summed E-state index contributed by atoms with van der Waals surface area (Å²) in [5.41, 5.74) is 0. The maximum absolute atomic E-state index is 9.60. The molecule has 0 fully saturated rings. The van der Waals surface area contributed by atoms with Crippen LogP contribution in [0.5, 0.6) is 0 Å². The summed E-state index contributed by atoms with van der Waals surface area (Å²) in [5, 5.41) is 9.60. The van der Waals surface area contributed by atoms with Crippen molar-refractivity contribution < 1.29 is 14.6 Å². The Morgan fingerprint density at radius 2 is 0.628 bits per heavy atom. The molecule has 0 aliphatic carbocycles. The molecule has 0 spiro atoms. The van der Waals surface area contributed by atoms with Gasteiger partial charge in [-0.05, 0) is 12.8 Å². The van der Waals surface area contributed by atoms with Crippen molar-refractivity contribution in [1.82, 2.24) is 0 Å². The number of hydrogen-bond acceptors (Lipinski definition) is 3. The van der Waals surface area contributed by atoms with Crippen LogP contribution in [0.25, 0.3) is 0 Å². The first-order chi connectivity index (χ1) is 20.8. The summed E-state index contributed by atoms with van der Waals surface area (Å²) in [6.07, 6.45) is 44.3. The van der Waals surface area contributed by atoms with Crippen LogP contribution in [0.15, 0.2) is 0 Å². The van der Waals surface area contributed by atoms with Crippen molar-refractivity contribution >= 4 is 29.6 Å². The van der Waals surface area contributed by atoms with Gasteiger partial charge in [0.15, 0.2) is 0 Å². The van der Waals surface area contributed by atoms with Crippen LogP contribution in [-0.2, 0) is 9.47 Å². The Morgan fingerprint density at radius 3 is 0.907 bits per heavy atom. The standard InChI is InChI=1S/C39H80O3.Na.H/c1-3-5-7-9-11-13-15-17-19-21-23-25-27-29-31-33-35-41-38-39(37-40)42-36-34-32-30-28-26-24-22-20-18-16-14-12-10-8-6-4-2;;/h39-40H,3-38H2,1-2H3;;/t39-;;/m0../s1. The van der Waals surface area contributed by atoms with Gasteiger partial charge in [-0.3, -0.25) is 0 Å². The first-order valence-electron chi connectivity index (χ1n) is 19.6. The summed E-state index contributed by atoms with van der Waals surface area (Å²) >= 11 is 0. The second-order valence-electron chi connectivity index (χ2n) is 13.4. The number of aliphatic hydroxyl groups excluding tert-OH is 1. The van der Waals surface area contributed by atoms with E-state index in [-0.39, 0.29) is 42.3 Å². The summed E-state index contributed by atoms with van der Waals surface area (Å²) < 4.78 is 11.7. The summed E-state index contributed by atoms with van der Waals surface area (Å²) in [7, 11) is 0. The maximum atomic E-state index is 9.60. The van der Waals surface area contributed by atoms with Crippen LogP contribution in [0, 0.1) is 0 Å². The third-order valence-electron chi connectivity index (χ3n) is 9.00. The number of ether oxygens (including phenoxy) is 2. The van der Waals surface area contributed by atoms with Gasteiger partial charge >= 0.3 is 29.6 Å². The fourth-order valence-corrected chi connectivity index (χ4v) is 6.02. The molecule has 0 heterocycles. The predicted octanol–water partition coefficient (Wildman–Crippen LogP) is 12.3. The van der Waals surface area contributed by atoms with Gasteiger partial charge in [0.05, 0.1) is 13.2 Å². The molecule has 43 heavy (non-hydrogen) atoms. The zero-order valence-electron chi connectivity index (χ0n) is 29.3. The molecule has 0 bridgehead atoms. The molecule has 0 amide bonds. The topological polar surface area (TPSA) is 38.7 Å². The molecule has 0 radical (unpaired) electrons. The van der Waals surface area contributed by atoms with E-state index >= 15 is 0 Å². The minimum atomic E-state index is -0.151. The molecule has 1 N–H and O–H groups in total. The number of aliphatic hydroxyl groups is 1. The molecule has 3 nitrogen and oxygen atoms in total. The Balaban J connectivity index is 0. The van der Waals surface area contributed by atoms with E-state index in [4.69, 9.17) is 9.47 Å². The Kier molecular flexibility index (Phi) is 45.9. The van der Waals surface area contributed by atoms with E-state index < -0.39 is 0 Å². The predicted molar refractivity (Wildman–Crippen MR) is 194 cm³/mol. The zero-order chi connectivity index (χ0) is 30.4. The first kappa shape index (κ1) is 46.0. The number of hydrogen-bond donors (Lipinski definition) is 1. The van der Waals surface area contributed by atoms with E-state index in [0.29, 0.717) is 6.61 Å². The third kappa shape index (κ3) is 40.9. The second kappa shape index (κ2) is 42.9. The van der Waals surface area contributed by atoms with E-state index in [9.17, 15) is 5.11 Å². The van der Waals surface area contributed by atoms with Crippen molar-refractivity contribution in [3.8, 4) is 0 Å². The van der Waals surface area contributed by atoms with Crippen molar-refractivity contribution in [3.63, 3.8) is 0 Å². The van der Waals surface area contributed by atoms with E-state index in [1.165, 1.54) is 193 Å². The number of rotatable bonds is 38. The van der Waals surface area contributed by atoms with Crippen molar-refractivity contribution in [2.24, 2.45) is 0 Å². The van der Waals surface area contributed by atoms with Crippen LogP contribution in [0.4, 0.5) is 0 Å². The molecule has 256 valence electrons. The molecule has 0 rings (SSSR count). The second-order valence-corrected chi connectivity index (χ2v) is 13.4. The van der Waals surface area contributed by atoms with Gasteiger partial charge < -0.3 is 14.6 Å². The first-order valence-corrected chi connectivity index (χ1v) is 19.6. The van der Waals surface area contributed by atoms with E-state index in [1.54, 1.807) is 0 Å². The molecule has 1 atom stereocenters. The van der Waals surface area contributed by atoms with Gasteiger partial charge in [-0.25, -0.2) is 0 Å². The summed E-state index contributed by atoms with van der Waals surface area (Å²) in [5.74, 6) is 0. The zero-order valence-corrected chi connectivity index (χ0v) is 29.3. The molecule has 0 unspecified atom stereocenters. The molecule has 0 aliphatic rings. The van der Waals surface area contributed by atoms with Crippen molar-refractivity contribution in [3.05, 3.63) is 0 Å². The molecule has 0 saturated heterocycles. The Bertz CT molecular complexity index is 462. The summed E-state index contributed by atoms with van der Waals surface area (Å²) in [4.78, 5) is 0. The van der Waals surface area contributed by atoms with Gasteiger partial charge in [0.1, 0.15) is 6.10 Å². The Labute approximate surface area is 294 Å². The molecule has 0 aromatic heterocycles. The molecule has 0 aromatic rings. The van der Waals surface area contributed by atoms with Crippen LogP contribution < -0.4 is 0 Å². The molecular weight excluding hydrogens is 539 g/mol. The number of unbranched alkanes of at least 4 members (excludes halogenated alkanes) is 30. The van der Waals surface area contributed by atoms with Crippen molar-refractivity contribution in [2.75, 3.05) is 26.4 Å². The van der Waals surface area contributed by atoms with Gasteiger partial charge in [-0.2, -0.15) is 0 Å². The Morgan fingerprint density at radius 1 is 0.372 bits per heavy atom. The van der Waals surface area contributed by atoms with Crippen LogP contribution >= 0.6 is 0 Å². The molecule has 4 heteroatoms. The van der Waals surface area contributed by atoms with E-state index in [1.807, 2.05) is 0 Å². The van der Waals surface area contributed by atoms with Crippen LogP contribution in [0.2, 0.25) is 0 Å². The molecular formula is C39H81NaO3. The molecule has 0 aromatic carbocycles. The van der Waals surface area contributed by atoms with Gasteiger partial charge in [0.2, 0.25) is 0 Å². The average Bonchev–Trinajstić information content (AvgIpc) is 3.00. The van der Waals surface area contributed by atoms with Gasteiger partial charge in [0, 0.05) is 13.2 Å².